The highest BCUT2D eigenvalue weighted by molar-refractivity contribution is 7.18. The molecule has 0 saturated carbocycles. The summed E-state index contributed by atoms with van der Waals surface area (Å²) in [5.74, 6) is -0.0623. The molecule has 1 aromatic carbocycles. The minimum Gasteiger partial charge on any atom is -0.508 e. The van der Waals surface area contributed by atoms with Crippen molar-refractivity contribution in [1.29, 1.82) is 0 Å². The maximum absolute atomic E-state index is 12.4. The third kappa shape index (κ3) is 3.16. The predicted molar refractivity (Wildman–Crippen MR) is 106 cm³/mol. The van der Waals surface area contributed by atoms with Crippen LogP contribution in [0.1, 0.15) is 34.9 Å². The van der Waals surface area contributed by atoms with Gasteiger partial charge in [-0.15, -0.1) is 11.3 Å². The third-order valence-electron chi connectivity index (χ3n) is 4.72. The predicted octanol–water partition coefficient (Wildman–Crippen LogP) is 3.90. The largest absolute Gasteiger partial charge is 0.508 e. The van der Waals surface area contributed by atoms with Gasteiger partial charge in [-0.1, -0.05) is 0 Å². The zero-order chi connectivity index (χ0) is 20.0. The molecule has 0 radical (unpaired) electrons. The monoisotopic (exact) mass is 398 g/mol. The molecule has 4 rings (SSSR count). The van der Waals surface area contributed by atoms with Crippen LogP contribution in [0.25, 0.3) is 21.2 Å². The molecule has 0 bridgehead atoms. The van der Waals surface area contributed by atoms with Crippen LogP contribution in [0.4, 0.5) is 0 Å². The molecule has 0 saturated heterocycles. The lowest BCUT2D eigenvalue weighted by Crippen LogP contribution is -2.18. The molecule has 0 unspecified atom stereocenters. The van der Waals surface area contributed by atoms with Gasteiger partial charge in [-0.2, -0.15) is 0 Å². The Morgan fingerprint density at radius 2 is 2.18 bits per heavy atom. The summed E-state index contributed by atoms with van der Waals surface area (Å²) in [5.41, 5.74) is 1.84. The summed E-state index contributed by atoms with van der Waals surface area (Å²) in [6.07, 6.45) is 0.778. The minimum atomic E-state index is -0.700. The van der Waals surface area contributed by atoms with Crippen LogP contribution in [0.3, 0.4) is 0 Å². The normalized spacial score (nSPS) is 12.5. The van der Waals surface area contributed by atoms with E-state index in [0.717, 1.165) is 15.8 Å². The van der Waals surface area contributed by atoms with E-state index in [1.54, 1.807) is 13.0 Å². The van der Waals surface area contributed by atoms with Gasteiger partial charge < -0.3 is 19.2 Å². The van der Waals surface area contributed by atoms with Gasteiger partial charge in [0.15, 0.2) is 11.9 Å². The summed E-state index contributed by atoms with van der Waals surface area (Å²) in [6, 6.07) is 4.71. The molecule has 3 aromatic heterocycles. The standard InChI is InChI=1S/C20H18N2O5S/c1-9-11(3)28-20-17(9)19(25)21-18(22-20)10(2)27-16(24)6-12-8-26-15-7-13(23)4-5-14(12)15/h4-5,7-8,10,23H,6H2,1-3H3,(H,21,22,25)/t10-/m1/s1. The van der Waals surface area contributed by atoms with Crippen LogP contribution in [0.5, 0.6) is 5.75 Å². The highest BCUT2D eigenvalue weighted by Gasteiger charge is 2.19. The molecule has 0 fully saturated rings. The lowest BCUT2D eigenvalue weighted by atomic mass is 10.1. The number of aromatic nitrogens is 2. The van der Waals surface area contributed by atoms with Crippen LogP contribution in [0, 0.1) is 13.8 Å². The number of benzene rings is 1. The number of rotatable bonds is 4. The summed E-state index contributed by atoms with van der Waals surface area (Å²) < 4.78 is 10.8. The number of fused-ring (bicyclic) bond motifs is 2. The fourth-order valence-corrected chi connectivity index (χ4v) is 4.16. The fourth-order valence-electron chi connectivity index (χ4n) is 3.12. The summed E-state index contributed by atoms with van der Waals surface area (Å²) in [6.45, 7) is 5.50. The number of H-pyrrole nitrogens is 1. The SMILES string of the molecule is Cc1sc2nc([C@@H](C)OC(=O)Cc3coc4cc(O)ccc34)[nH]c(=O)c2c1C. The molecule has 7 nitrogen and oxygen atoms in total. The number of ether oxygens (including phenoxy) is 1. The van der Waals surface area contributed by atoms with Gasteiger partial charge in [-0.25, -0.2) is 4.98 Å². The van der Waals surface area contributed by atoms with E-state index in [4.69, 9.17) is 9.15 Å². The van der Waals surface area contributed by atoms with Gasteiger partial charge in [0, 0.05) is 21.9 Å². The van der Waals surface area contributed by atoms with E-state index >= 15 is 0 Å². The van der Waals surface area contributed by atoms with Crippen molar-refractivity contribution in [2.24, 2.45) is 0 Å². The van der Waals surface area contributed by atoms with Crippen molar-refractivity contribution in [3.63, 3.8) is 0 Å². The van der Waals surface area contributed by atoms with E-state index in [-0.39, 0.29) is 17.7 Å². The third-order valence-corrected chi connectivity index (χ3v) is 5.83. The molecule has 0 aliphatic carbocycles. The summed E-state index contributed by atoms with van der Waals surface area (Å²) in [5, 5.41) is 10.8. The van der Waals surface area contributed by atoms with Crippen molar-refractivity contribution in [1.82, 2.24) is 9.97 Å². The molecule has 144 valence electrons. The molecule has 0 aliphatic heterocycles. The van der Waals surface area contributed by atoms with Gasteiger partial charge in [0.25, 0.3) is 5.56 Å². The van der Waals surface area contributed by atoms with E-state index < -0.39 is 12.1 Å². The summed E-state index contributed by atoms with van der Waals surface area (Å²) in [4.78, 5) is 33.6. The molecule has 0 aliphatic rings. The Kier molecular flexibility index (Phi) is 4.43. The average Bonchev–Trinajstić information content (AvgIpc) is 3.15. The number of hydrogen-bond donors (Lipinski definition) is 2. The first-order valence-corrected chi connectivity index (χ1v) is 9.53. The molecule has 0 amide bonds. The quantitative estimate of drug-likeness (QED) is 0.505. The number of nitrogens with one attached hydrogen (secondary N) is 1. The number of aromatic hydroxyl groups is 1. The van der Waals surface area contributed by atoms with Crippen LogP contribution in [0.2, 0.25) is 0 Å². The summed E-state index contributed by atoms with van der Waals surface area (Å²) in [7, 11) is 0. The highest BCUT2D eigenvalue weighted by Crippen LogP contribution is 2.28. The van der Waals surface area contributed by atoms with Gasteiger partial charge >= 0.3 is 5.97 Å². The maximum atomic E-state index is 12.4. The second-order valence-corrected chi connectivity index (χ2v) is 7.87. The first-order valence-electron chi connectivity index (χ1n) is 8.72. The molecule has 28 heavy (non-hydrogen) atoms. The number of phenolic OH excluding ortho intramolecular Hbond substituents is 1. The number of phenols is 1. The number of furan rings is 1. The number of aromatic amines is 1. The molecule has 3 heterocycles. The summed E-state index contributed by atoms with van der Waals surface area (Å²) >= 11 is 1.45. The Morgan fingerprint density at radius 3 is 2.96 bits per heavy atom. The van der Waals surface area contributed by atoms with Crippen molar-refractivity contribution in [2.45, 2.75) is 33.3 Å². The number of esters is 1. The smallest absolute Gasteiger partial charge is 0.311 e. The maximum Gasteiger partial charge on any atom is 0.311 e. The van der Waals surface area contributed by atoms with E-state index in [2.05, 4.69) is 9.97 Å². The number of thiophene rings is 1. The first kappa shape index (κ1) is 18.2. The molecule has 2 N–H and O–H groups in total. The Bertz CT molecular complexity index is 1270. The zero-order valence-electron chi connectivity index (χ0n) is 15.5. The zero-order valence-corrected chi connectivity index (χ0v) is 16.3. The van der Waals surface area contributed by atoms with Crippen molar-refractivity contribution in [3.8, 4) is 5.75 Å². The fraction of sp³-hybridized carbons (Fsp3) is 0.250. The first-order chi connectivity index (χ1) is 13.3. The van der Waals surface area contributed by atoms with Crippen molar-refractivity contribution in [3.05, 3.63) is 56.6 Å². The van der Waals surface area contributed by atoms with Crippen molar-refractivity contribution < 1.29 is 19.1 Å². The minimum absolute atomic E-state index is 0.00576. The number of carbonyl (C=O) groups excluding carboxylic acids is 1. The lowest BCUT2D eigenvalue weighted by molar-refractivity contribution is -0.148. The molecule has 4 aromatic rings. The molecular weight excluding hydrogens is 380 g/mol. The van der Waals surface area contributed by atoms with Crippen LogP contribution in [-0.2, 0) is 16.0 Å². The van der Waals surface area contributed by atoms with Gasteiger partial charge in [-0.3, -0.25) is 9.59 Å². The molecule has 1 atom stereocenters. The van der Waals surface area contributed by atoms with Gasteiger partial charge in [0.2, 0.25) is 0 Å². The molecule has 0 spiro atoms. The number of nitrogens with zero attached hydrogens (tertiary/aromatic N) is 1. The van der Waals surface area contributed by atoms with Gasteiger partial charge in [0.05, 0.1) is 18.1 Å². The van der Waals surface area contributed by atoms with Gasteiger partial charge in [0.1, 0.15) is 16.2 Å². The van der Waals surface area contributed by atoms with E-state index in [1.165, 1.54) is 29.7 Å². The van der Waals surface area contributed by atoms with Crippen molar-refractivity contribution in [2.75, 3.05) is 0 Å². The number of carbonyl (C=O) groups is 1. The highest BCUT2D eigenvalue weighted by atomic mass is 32.1. The van der Waals surface area contributed by atoms with E-state index in [0.29, 0.717) is 27.2 Å². The molecule has 8 heteroatoms. The van der Waals surface area contributed by atoms with E-state index in [1.807, 2.05) is 13.8 Å². The number of hydrogen-bond acceptors (Lipinski definition) is 7. The van der Waals surface area contributed by atoms with Crippen LogP contribution in [-0.4, -0.2) is 21.0 Å². The van der Waals surface area contributed by atoms with Crippen LogP contribution < -0.4 is 5.56 Å². The second-order valence-electron chi connectivity index (χ2n) is 6.66. The van der Waals surface area contributed by atoms with Gasteiger partial charge in [-0.05, 0) is 38.5 Å². The number of aryl methyl sites for hydroxylation is 2. The lowest BCUT2D eigenvalue weighted by Gasteiger charge is -2.12. The Morgan fingerprint density at radius 1 is 1.39 bits per heavy atom. The molecular formula is C20H18N2O5S. The Balaban J connectivity index is 1.54. The topological polar surface area (TPSA) is 105 Å². The van der Waals surface area contributed by atoms with Crippen molar-refractivity contribution >= 4 is 38.5 Å². The van der Waals surface area contributed by atoms with Crippen LogP contribution >= 0.6 is 11.3 Å². The Labute approximate surface area is 163 Å². The second kappa shape index (κ2) is 6.79. The van der Waals surface area contributed by atoms with Crippen LogP contribution in [0.15, 0.2) is 33.7 Å². The van der Waals surface area contributed by atoms with E-state index in [9.17, 15) is 14.7 Å². The Hall–Kier alpha value is -3.13. The average molecular weight is 398 g/mol.